The molecule has 0 saturated heterocycles. The average Bonchev–Trinajstić information content (AvgIpc) is 2.92. The van der Waals surface area contributed by atoms with Gasteiger partial charge in [-0.2, -0.15) is 0 Å². The zero-order valence-electron chi connectivity index (χ0n) is 15.3. The van der Waals surface area contributed by atoms with Gasteiger partial charge in [-0.15, -0.1) is 0 Å². The SMILES string of the molecule is Cc1cc(CN(C)C[C@@H](O)COCC2=CC[C@H]3C[C@H]2C3(C)C)no1. The molecule has 3 aliphatic carbocycles. The number of nitrogens with zero attached hydrogens (tertiary/aromatic N) is 2. The first kappa shape index (κ1) is 17.6. The molecule has 0 unspecified atom stereocenters. The maximum atomic E-state index is 10.2. The van der Waals surface area contributed by atoms with Gasteiger partial charge in [0.15, 0.2) is 0 Å². The molecular weight excluding hydrogens is 304 g/mol. The van der Waals surface area contributed by atoms with Crippen molar-refractivity contribution in [1.29, 1.82) is 0 Å². The number of aliphatic hydroxyl groups is 1. The fourth-order valence-corrected chi connectivity index (χ4v) is 4.20. The van der Waals surface area contributed by atoms with Gasteiger partial charge >= 0.3 is 0 Å². The summed E-state index contributed by atoms with van der Waals surface area (Å²) in [5.74, 6) is 2.33. The van der Waals surface area contributed by atoms with E-state index < -0.39 is 6.10 Å². The lowest BCUT2D eigenvalue weighted by atomic mass is 9.49. The van der Waals surface area contributed by atoms with Gasteiger partial charge in [0, 0.05) is 19.2 Å². The Morgan fingerprint density at radius 3 is 2.92 bits per heavy atom. The van der Waals surface area contributed by atoms with Gasteiger partial charge in [0.2, 0.25) is 0 Å². The van der Waals surface area contributed by atoms with Crippen molar-refractivity contribution in [1.82, 2.24) is 10.1 Å². The number of aryl methyl sites for hydroxylation is 1. The molecule has 1 heterocycles. The third-order valence-corrected chi connectivity index (χ3v) is 5.79. The molecule has 1 N–H and O–H groups in total. The van der Waals surface area contributed by atoms with Crippen molar-refractivity contribution in [2.45, 2.75) is 46.3 Å². The fourth-order valence-electron chi connectivity index (χ4n) is 4.20. The van der Waals surface area contributed by atoms with Crippen LogP contribution in [0.3, 0.4) is 0 Å². The van der Waals surface area contributed by atoms with Crippen molar-refractivity contribution in [3.8, 4) is 0 Å². The fraction of sp³-hybridized carbons (Fsp3) is 0.737. The minimum atomic E-state index is -0.491. The van der Waals surface area contributed by atoms with Crippen LogP contribution in [0, 0.1) is 24.2 Å². The number of aliphatic hydroxyl groups excluding tert-OH is 1. The molecule has 4 rings (SSSR count). The number of hydrogen-bond acceptors (Lipinski definition) is 5. The highest BCUT2D eigenvalue weighted by Crippen LogP contribution is 2.59. The number of ether oxygens (including phenoxy) is 1. The molecule has 1 saturated carbocycles. The predicted molar refractivity (Wildman–Crippen MR) is 92.5 cm³/mol. The van der Waals surface area contributed by atoms with Crippen molar-refractivity contribution in [3.63, 3.8) is 0 Å². The second kappa shape index (κ2) is 6.98. The van der Waals surface area contributed by atoms with Crippen LogP contribution in [-0.2, 0) is 11.3 Å². The lowest BCUT2D eigenvalue weighted by Crippen LogP contribution is -2.48. The van der Waals surface area contributed by atoms with E-state index in [4.69, 9.17) is 9.26 Å². The van der Waals surface area contributed by atoms with Crippen LogP contribution in [0.2, 0.25) is 0 Å². The number of rotatable bonds is 8. The average molecular weight is 334 g/mol. The molecule has 1 aromatic rings. The van der Waals surface area contributed by atoms with Gasteiger partial charge in [-0.1, -0.05) is 25.1 Å². The Labute approximate surface area is 144 Å². The molecule has 0 aromatic carbocycles. The molecule has 5 nitrogen and oxygen atoms in total. The molecule has 0 radical (unpaired) electrons. The molecular formula is C19H30N2O3. The zero-order chi connectivity index (χ0) is 17.3. The number of hydrogen-bond donors (Lipinski definition) is 1. The van der Waals surface area contributed by atoms with E-state index in [1.54, 1.807) is 0 Å². The van der Waals surface area contributed by atoms with Gasteiger partial charge in [-0.05, 0) is 49.6 Å². The standard InChI is InChI=1S/C19H30N2O3/c1-13-7-16(20-24-13)9-21(4)10-17(22)12-23-11-14-5-6-15-8-18(14)19(15,2)3/h5,7,15,17-18,22H,6,8-12H2,1-4H3/t15-,17+,18+/m0/s1. The summed E-state index contributed by atoms with van der Waals surface area (Å²) in [5.41, 5.74) is 2.75. The highest BCUT2D eigenvalue weighted by molar-refractivity contribution is 5.23. The molecule has 134 valence electrons. The summed E-state index contributed by atoms with van der Waals surface area (Å²) in [6.45, 7) is 8.87. The highest BCUT2D eigenvalue weighted by atomic mass is 16.5. The second-order valence-corrected chi connectivity index (χ2v) is 8.12. The van der Waals surface area contributed by atoms with Gasteiger partial charge in [-0.25, -0.2) is 0 Å². The Kier molecular flexibility index (Phi) is 5.13. The third-order valence-electron chi connectivity index (χ3n) is 5.79. The van der Waals surface area contributed by atoms with Crippen LogP contribution in [0.5, 0.6) is 0 Å². The summed E-state index contributed by atoms with van der Waals surface area (Å²) in [7, 11) is 1.97. The van der Waals surface area contributed by atoms with Gasteiger partial charge < -0.3 is 14.4 Å². The van der Waals surface area contributed by atoms with Gasteiger partial charge in [0.25, 0.3) is 0 Å². The number of allylic oxidation sites excluding steroid dienone is 1. The van der Waals surface area contributed by atoms with Crippen LogP contribution in [0.1, 0.15) is 38.1 Å². The Bertz CT molecular complexity index is 593. The lowest BCUT2D eigenvalue weighted by Gasteiger charge is -2.56. The quantitative estimate of drug-likeness (QED) is 0.741. The zero-order valence-corrected chi connectivity index (χ0v) is 15.3. The van der Waals surface area contributed by atoms with Crippen molar-refractivity contribution >= 4 is 0 Å². The van der Waals surface area contributed by atoms with E-state index in [2.05, 4.69) is 25.1 Å². The molecule has 3 aliphatic rings. The van der Waals surface area contributed by atoms with E-state index in [0.29, 0.717) is 37.6 Å². The van der Waals surface area contributed by atoms with Gasteiger partial charge in [0.1, 0.15) is 5.76 Å². The number of likely N-dealkylation sites (N-methyl/N-ethyl adjacent to an activating group) is 1. The Hall–Kier alpha value is -1.17. The Morgan fingerprint density at radius 1 is 1.50 bits per heavy atom. The third kappa shape index (κ3) is 3.73. The topological polar surface area (TPSA) is 58.7 Å². The first-order valence-electron chi connectivity index (χ1n) is 8.91. The van der Waals surface area contributed by atoms with Crippen LogP contribution in [-0.4, -0.2) is 48.1 Å². The summed E-state index contributed by atoms with van der Waals surface area (Å²) in [5, 5.41) is 14.2. The van der Waals surface area contributed by atoms with Crippen molar-refractivity contribution < 1.29 is 14.4 Å². The van der Waals surface area contributed by atoms with Crippen LogP contribution < -0.4 is 0 Å². The van der Waals surface area contributed by atoms with E-state index in [0.717, 1.165) is 17.4 Å². The first-order valence-corrected chi connectivity index (χ1v) is 8.91. The smallest absolute Gasteiger partial charge is 0.133 e. The minimum absolute atomic E-state index is 0.371. The molecule has 5 heteroatoms. The maximum Gasteiger partial charge on any atom is 0.133 e. The molecule has 1 aromatic heterocycles. The van der Waals surface area contributed by atoms with E-state index in [9.17, 15) is 5.11 Å². The summed E-state index contributed by atoms with van der Waals surface area (Å²) in [6.07, 6.45) is 4.36. The molecule has 2 bridgehead atoms. The van der Waals surface area contributed by atoms with Gasteiger partial charge in [-0.3, -0.25) is 4.90 Å². The van der Waals surface area contributed by atoms with Crippen LogP contribution in [0.15, 0.2) is 22.2 Å². The molecule has 0 aliphatic heterocycles. The lowest BCUT2D eigenvalue weighted by molar-refractivity contribution is -0.0257. The minimum Gasteiger partial charge on any atom is -0.389 e. The largest absolute Gasteiger partial charge is 0.389 e. The summed E-state index contributed by atoms with van der Waals surface area (Å²) in [4.78, 5) is 2.03. The van der Waals surface area contributed by atoms with E-state index >= 15 is 0 Å². The van der Waals surface area contributed by atoms with E-state index in [1.807, 2.05) is 24.9 Å². The molecule has 0 amide bonds. The molecule has 1 fully saturated rings. The first-order chi connectivity index (χ1) is 11.4. The molecule has 24 heavy (non-hydrogen) atoms. The van der Waals surface area contributed by atoms with Crippen LogP contribution >= 0.6 is 0 Å². The number of fused-ring (bicyclic) bond motifs is 1. The van der Waals surface area contributed by atoms with Crippen molar-refractivity contribution in [2.24, 2.45) is 17.3 Å². The van der Waals surface area contributed by atoms with Crippen molar-refractivity contribution in [2.75, 3.05) is 26.8 Å². The molecule has 3 atom stereocenters. The molecule has 0 spiro atoms. The predicted octanol–water partition coefficient (Wildman–Crippen LogP) is 2.78. The van der Waals surface area contributed by atoms with E-state index in [1.165, 1.54) is 18.4 Å². The summed E-state index contributed by atoms with van der Waals surface area (Å²) >= 11 is 0. The second-order valence-electron chi connectivity index (χ2n) is 8.12. The van der Waals surface area contributed by atoms with Crippen molar-refractivity contribution in [3.05, 3.63) is 29.2 Å². The Balaban J connectivity index is 1.37. The highest BCUT2D eigenvalue weighted by Gasteiger charge is 2.50. The van der Waals surface area contributed by atoms with Gasteiger partial charge in [0.05, 0.1) is 25.0 Å². The van der Waals surface area contributed by atoms with Crippen LogP contribution in [0.4, 0.5) is 0 Å². The number of aromatic nitrogens is 1. The summed E-state index contributed by atoms with van der Waals surface area (Å²) < 4.78 is 10.9. The van der Waals surface area contributed by atoms with Crippen LogP contribution in [0.25, 0.3) is 0 Å². The summed E-state index contributed by atoms with van der Waals surface area (Å²) in [6, 6.07) is 1.92. The normalized spacial score (nSPS) is 26.2. The maximum absolute atomic E-state index is 10.2. The monoisotopic (exact) mass is 334 g/mol. The Morgan fingerprint density at radius 2 is 2.29 bits per heavy atom. The van der Waals surface area contributed by atoms with E-state index in [-0.39, 0.29) is 0 Å².